The molecule has 7 heteroatoms. The van der Waals surface area contributed by atoms with Gasteiger partial charge in [-0.15, -0.1) is 0 Å². The van der Waals surface area contributed by atoms with Gasteiger partial charge < -0.3 is 9.31 Å². The summed E-state index contributed by atoms with van der Waals surface area (Å²) in [6, 6.07) is 2.16. The highest BCUT2D eigenvalue weighted by Crippen LogP contribution is 2.38. The van der Waals surface area contributed by atoms with E-state index in [9.17, 15) is 0 Å². The molecule has 0 spiro atoms. The van der Waals surface area contributed by atoms with Crippen LogP contribution in [0.3, 0.4) is 0 Å². The fraction of sp³-hybridized carbons (Fsp3) is 0.409. The summed E-state index contributed by atoms with van der Waals surface area (Å²) in [6.07, 6.45) is 11.1. The summed E-state index contributed by atoms with van der Waals surface area (Å²) in [6.45, 7) is 16.4. The van der Waals surface area contributed by atoms with Crippen LogP contribution in [-0.2, 0) is 9.31 Å². The Bertz CT molecular complexity index is 978. The summed E-state index contributed by atoms with van der Waals surface area (Å²) in [5.41, 5.74) is 4.70. The van der Waals surface area contributed by atoms with Gasteiger partial charge in [-0.1, -0.05) is 31.7 Å². The van der Waals surface area contributed by atoms with Crippen molar-refractivity contribution in [2.45, 2.75) is 59.2 Å². The van der Waals surface area contributed by atoms with Gasteiger partial charge in [0.15, 0.2) is 5.65 Å². The number of aromatic nitrogens is 2. The Labute approximate surface area is 190 Å². The van der Waals surface area contributed by atoms with Crippen molar-refractivity contribution in [1.29, 1.82) is 0 Å². The van der Waals surface area contributed by atoms with E-state index in [1.165, 1.54) is 11.1 Å². The Kier molecular flexibility index (Phi) is 6.73. The molecule has 0 radical (unpaired) electrons. The van der Waals surface area contributed by atoms with Crippen molar-refractivity contribution >= 4 is 59.5 Å². The molecule has 0 N–H and O–H groups in total. The number of hydrogen-bond acceptors (Lipinski definition) is 4. The maximum Gasteiger partial charge on any atom is 0.496 e. The highest BCUT2D eigenvalue weighted by Gasteiger charge is 2.51. The molecule has 1 aliphatic rings. The molecule has 154 valence electrons. The number of pyridine rings is 1. The predicted molar refractivity (Wildman–Crippen MR) is 135 cm³/mol. The van der Waals surface area contributed by atoms with Crippen LogP contribution in [0.25, 0.3) is 16.6 Å². The lowest BCUT2D eigenvalue weighted by Gasteiger charge is -2.32. The number of rotatable bonds is 6. The molecule has 0 bridgehead atoms. The summed E-state index contributed by atoms with van der Waals surface area (Å²) in [5.74, 6) is 0. The zero-order chi connectivity index (χ0) is 21.4. The number of fused-ring (bicyclic) bond motifs is 1. The van der Waals surface area contributed by atoms with E-state index >= 15 is 0 Å². The Hall–Kier alpha value is -1.03. The highest BCUT2D eigenvalue weighted by molar-refractivity contribution is 14.2. The third-order valence-electron chi connectivity index (χ3n) is 5.88. The van der Waals surface area contributed by atoms with Crippen molar-refractivity contribution in [1.82, 2.24) is 8.96 Å². The van der Waals surface area contributed by atoms with E-state index in [2.05, 4.69) is 97.7 Å². The van der Waals surface area contributed by atoms with Gasteiger partial charge in [-0.25, -0.2) is 4.98 Å². The van der Waals surface area contributed by atoms with Gasteiger partial charge in [0.05, 0.1) is 11.2 Å². The normalized spacial score (nSPS) is 19.2. The molecule has 29 heavy (non-hydrogen) atoms. The fourth-order valence-electron chi connectivity index (χ4n) is 3.51. The van der Waals surface area contributed by atoms with Crippen LogP contribution in [0.1, 0.15) is 53.5 Å². The summed E-state index contributed by atoms with van der Waals surface area (Å²) >= 11 is 2.29. The molecule has 0 amide bonds. The van der Waals surface area contributed by atoms with Crippen LogP contribution in [0.15, 0.2) is 48.8 Å². The third kappa shape index (κ3) is 4.11. The monoisotopic (exact) mass is 522 g/mol. The second-order valence-corrected chi connectivity index (χ2v) is 9.86. The van der Waals surface area contributed by atoms with Crippen molar-refractivity contribution in [3.05, 3.63) is 54.4 Å². The minimum Gasteiger partial charge on any atom is -0.399 e. The Morgan fingerprint density at radius 3 is 2.48 bits per heavy atom. The predicted octanol–water partition coefficient (Wildman–Crippen LogP) is 6.11. The van der Waals surface area contributed by atoms with Crippen LogP contribution >= 0.6 is 30.3 Å². The Balaban J connectivity index is 2.17. The third-order valence-corrected chi connectivity index (χ3v) is 7.58. The Morgan fingerprint density at radius 2 is 1.97 bits per heavy atom. The van der Waals surface area contributed by atoms with E-state index in [0.717, 1.165) is 28.5 Å². The Morgan fingerprint density at radius 1 is 1.31 bits per heavy atom. The first-order valence-electron chi connectivity index (χ1n) is 9.83. The molecular weight excluding hydrogens is 494 g/mol. The van der Waals surface area contributed by atoms with Crippen LogP contribution in [0.2, 0.25) is 0 Å². The lowest BCUT2D eigenvalue weighted by atomic mass is 9.79. The first kappa shape index (κ1) is 22.7. The molecule has 2 aromatic heterocycles. The maximum atomic E-state index is 6.25. The average Bonchev–Trinajstić information content (AvgIpc) is 3.15. The molecule has 4 nitrogen and oxygen atoms in total. The van der Waals surface area contributed by atoms with Gasteiger partial charge in [0.25, 0.3) is 0 Å². The second-order valence-electron chi connectivity index (χ2n) is 8.15. The van der Waals surface area contributed by atoms with Gasteiger partial charge in [-0.05, 0) is 58.3 Å². The summed E-state index contributed by atoms with van der Waals surface area (Å²) < 4.78 is 14.6. The molecule has 0 aromatic carbocycles. The maximum absolute atomic E-state index is 6.25. The second kappa shape index (κ2) is 8.61. The molecular formula is C22H28BIN2O2S. The smallest absolute Gasteiger partial charge is 0.399 e. The molecule has 0 saturated carbocycles. The van der Waals surface area contributed by atoms with Crippen molar-refractivity contribution in [2.75, 3.05) is 0 Å². The lowest BCUT2D eigenvalue weighted by molar-refractivity contribution is 0.00578. The SMILES string of the molecule is C=C/C=C(\C(=C/C)CC)c1cn(SI)c2ncc(B3OC(C)(C)C(C)(C)O3)cc12. The fourth-order valence-corrected chi connectivity index (χ4v) is 4.77. The van der Waals surface area contributed by atoms with Gasteiger partial charge in [-0.3, -0.25) is 3.97 Å². The molecule has 1 fully saturated rings. The molecule has 0 unspecified atom stereocenters. The summed E-state index contributed by atoms with van der Waals surface area (Å²) in [7, 11) is 1.18. The highest BCUT2D eigenvalue weighted by atomic mass is 127. The zero-order valence-corrected chi connectivity index (χ0v) is 20.9. The van der Waals surface area contributed by atoms with Crippen LogP contribution in [0.4, 0.5) is 0 Å². The van der Waals surface area contributed by atoms with E-state index in [4.69, 9.17) is 14.3 Å². The van der Waals surface area contributed by atoms with Crippen molar-refractivity contribution < 1.29 is 9.31 Å². The standard InChI is InChI=1S/C22H28BIN2O2S/c1-8-11-17(15(9-2)10-3)19-14-26(29-24)20-18(19)12-16(13-25-20)23-27-21(4,5)22(6,7)28-23/h8-9,11-14H,1,10H2,2-7H3/b15-9-,17-11+. The molecule has 1 aliphatic heterocycles. The van der Waals surface area contributed by atoms with Crippen LogP contribution in [0.5, 0.6) is 0 Å². The van der Waals surface area contributed by atoms with E-state index in [1.807, 2.05) is 12.3 Å². The van der Waals surface area contributed by atoms with Gasteiger partial charge in [0.2, 0.25) is 0 Å². The molecule has 3 rings (SSSR count). The minimum atomic E-state index is -0.431. The number of hydrogen-bond donors (Lipinski definition) is 0. The molecule has 0 aliphatic carbocycles. The number of halogens is 1. The molecule has 3 heterocycles. The van der Waals surface area contributed by atoms with Crippen LogP contribution in [-0.4, -0.2) is 27.3 Å². The van der Waals surface area contributed by atoms with Gasteiger partial charge in [0, 0.05) is 59.1 Å². The van der Waals surface area contributed by atoms with Crippen LogP contribution in [0, 0.1) is 0 Å². The summed E-state index contributed by atoms with van der Waals surface area (Å²) in [5, 5.41) is 1.09. The number of nitrogens with zero attached hydrogens (tertiary/aromatic N) is 2. The van der Waals surface area contributed by atoms with E-state index < -0.39 is 7.12 Å². The minimum absolute atomic E-state index is 0.381. The topological polar surface area (TPSA) is 36.3 Å². The molecule has 2 aromatic rings. The average molecular weight is 522 g/mol. The van der Waals surface area contributed by atoms with Crippen molar-refractivity contribution in [3.63, 3.8) is 0 Å². The van der Waals surface area contributed by atoms with E-state index in [-0.39, 0.29) is 11.2 Å². The first-order valence-corrected chi connectivity index (χ1v) is 13.1. The summed E-state index contributed by atoms with van der Waals surface area (Å²) in [4.78, 5) is 4.77. The largest absolute Gasteiger partial charge is 0.496 e. The zero-order valence-electron chi connectivity index (χ0n) is 18.0. The molecule has 1 saturated heterocycles. The van der Waals surface area contributed by atoms with Gasteiger partial charge >= 0.3 is 7.12 Å². The van der Waals surface area contributed by atoms with Crippen LogP contribution < -0.4 is 5.46 Å². The van der Waals surface area contributed by atoms with Crippen molar-refractivity contribution in [2.24, 2.45) is 0 Å². The lowest BCUT2D eigenvalue weighted by Crippen LogP contribution is -2.41. The van der Waals surface area contributed by atoms with Gasteiger partial charge in [-0.2, -0.15) is 0 Å². The van der Waals surface area contributed by atoms with E-state index in [1.54, 1.807) is 9.12 Å². The quantitative estimate of drug-likeness (QED) is 0.261. The first-order chi connectivity index (χ1) is 13.7. The van der Waals surface area contributed by atoms with Crippen molar-refractivity contribution in [3.8, 4) is 0 Å². The van der Waals surface area contributed by atoms with Gasteiger partial charge in [0.1, 0.15) is 0 Å². The molecule has 0 atom stereocenters. The van der Waals surface area contributed by atoms with E-state index in [0.29, 0.717) is 0 Å². The number of allylic oxidation sites excluding steroid dienone is 5.